The number of carbonyl (C=O) groups is 1. The van der Waals surface area contributed by atoms with Gasteiger partial charge in [0.2, 0.25) is 5.89 Å². The second-order valence-corrected chi connectivity index (χ2v) is 9.13. The average Bonchev–Trinajstić information content (AvgIpc) is 3.20. The van der Waals surface area contributed by atoms with Gasteiger partial charge in [-0.15, -0.1) is 0 Å². The van der Waals surface area contributed by atoms with Crippen LogP contribution in [-0.2, 0) is 6.42 Å². The zero-order chi connectivity index (χ0) is 23.7. The van der Waals surface area contributed by atoms with E-state index in [1.165, 1.54) is 0 Å². The SMILES string of the molecule is CCc1ccc2oc(-c3cc(NC(=S)NC(=O)c4cc(Br)ccc4Cl)cc(C)c3O)nc2c1. The first-order valence-corrected chi connectivity index (χ1v) is 11.6. The van der Waals surface area contributed by atoms with Crippen LogP contribution in [0.1, 0.15) is 28.4 Å². The van der Waals surface area contributed by atoms with Crippen LogP contribution >= 0.6 is 39.7 Å². The van der Waals surface area contributed by atoms with Gasteiger partial charge in [0, 0.05) is 10.2 Å². The van der Waals surface area contributed by atoms with Gasteiger partial charge in [0.15, 0.2) is 10.7 Å². The van der Waals surface area contributed by atoms with Crippen molar-refractivity contribution in [1.29, 1.82) is 0 Å². The summed E-state index contributed by atoms with van der Waals surface area (Å²) >= 11 is 14.8. The molecule has 0 atom stereocenters. The number of hydrogen-bond acceptors (Lipinski definition) is 5. The molecule has 3 aromatic carbocycles. The lowest BCUT2D eigenvalue weighted by Gasteiger charge is -2.13. The Hall–Kier alpha value is -2.94. The maximum absolute atomic E-state index is 12.6. The number of benzene rings is 3. The van der Waals surface area contributed by atoms with E-state index in [4.69, 9.17) is 28.2 Å². The van der Waals surface area contributed by atoms with Crippen LogP contribution in [0.4, 0.5) is 5.69 Å². The first-order valence-electron chi connectivity index (χ1n) is 10.1. The number of nitrogens with one attached hydrogen (secondary N) is 2. The Kier molecular flexibility index (Phi) is 6.69. The quantitative estimate of drug-likeness (QED) is 0.198. The molecule has 0 bridgehead atoms. The lowest BCUT2D eigenvalue weighted by Crippen LogP contribution is -2.34. The van der Waals surface area contributed by atoms with E-state index in [0.29, 0.717) is 38.8 Å². The van der Waals surface area contributed by atoms with Gasteiger partial charge in [0.05, 0.1) is 16.1 Å². The molecular formula is C24H19BrClN3O3S. The van der Waals surface area contributed by atoms with Gasteiger partial charge in [0.25, 0.3) is 5.91 Å². The van der Waals surface area contributed by atoms with Gasteiger partial charge in [-0.25, -0.2) is 4.98 Å². The van der Waals surface area contributed by atoms with E-state index in [1.54, 1.807) is 37.3 Å². The molecule has 0 aliphatic rings. The molecule has 4 aromatic rings. The Labute approximate surface area is 209 Å². The number of halogens is 2. The molecule has 1 heterocycles. The van der Waals surface area contributed by atoms with Crippen LogP contribution in [0.25, 0.3) is 22.6 Å². The van der Waals surface area contributed by atoms with Crippen molar-refractivity contribution in [3.8, 4) is 17.2 Å². The molecular weight excluding hydrogens is 526 g/mol. The molecule has 1 amide bonds. The monoisotopic (exact) mass is 543 g/mol. The van der Waals surface area contributed by atoms with E-state index in [9.17, 15) is 9.90 Å². The molecule has 0 radical (unpaired) electrons. The maximum Gasteiger partial charge on any atom is 0.258 e. The number of phenols is 1. The Balaban J connectivity index is 1.59. The normalized spacial score (nSPS) is 10.9. The van der Waals surface area contributed by atoms with Crippen molar-refractivity contribution in [2.75, 3.05) is 5.32 Å². The van der Waals surface area contributed by atoms with Gasteiger partial charge in [-0.2, -0.15) is 0 Å². The summed E-state index contributed by atoms with van der Waals surface area (Å²) in [4.78, 5) is 17.1. The number of aryl methyl sites for hydroxylation is 2. The number of aromatic nitrogens is 1. The van der Waals surface area contributed by atoms with E-state index in [-0.39, 0.29) is 16.4 Å². The second kappa shape index (κ2) is 9.51. The molecule has 3 N–H and O–H groups in total. The minimum Gasteiger partial charge on any atom is -0.507 e. The molecule has 1 aromatic heterocycles. The molecule has 0 aliphatic carbocycles. The van der Waals surface area contributed by atoms with E-state index < -0.39 is 5.91 Å². The predicted octanol–water partition coefficient (Wildman–Crippen LogP) is 6.61. The zero-order valence-corrected chi connectivity index (χ0v) is 20.9. The lowest BCUT2D eigenvalue weighted by atomic mass is 10.1. The number of oxazole rings is 1. The fraction of sp³-hybridized carbons (Fsp3) is 0.125. The van der Waals surface area contributed by atoms with Gasteiger partial charge in [-0.05, 0) is 79.2 Å². The average molecular weight is 545 g/mol. The van der Waals surface area contributed by atoms with Gasteiger partial charge in [0.1, 0.15) is 11.3 Å². The summed E-state index contributed by atoms with van der Waals surface area (Å²) < 4.78 is 6.60. The number of carbonyl (C=O) groups excluding carboxylic acids is 1. The van der Waals surface area contributed by atoms with Gasteiger partial charge >= 0.3 is 0 Å². The Morgan fingerprint density at radius 1 is 1.21 bits per heavy atom. The number of amides is 1. The third-order valence-electron chi connectivity index (χ3n) is 5.05. The molecule has 0 spiro atoms. The number of rotatable bonds is 4. The van der Waals surface area contributed by atoms with Crippen molar-refractivity contribution in [1.82, 2.24) is 10.3 Å². The number of phenolic OH excluding ortho intramolecular Hbond substituents is 1. The summed E-state index contributed by atoms with van der Waals surface area (Å²) in [6.45, 7) is 3.82. The van der Waals surface area contributed by atoms with E-state index in [1.807, 2.05) is 18.2 Å². The number of aromatic hydroxyl groups is 1. The summed E-state index contributed by atoms with van der Waals surface area (Å²) in [6, 6.07) is 14.2. The third kappa shape index (κ3) is 5.03. The molecule has 6 nitrogen and oxygen atoms in total. The predicted molar refractivity (Wildman–Crippen MR) is 138 cm³/mol. The van der Waals surface area contributed by atoms with E-state index >= 15 is 0 Å². The van der Waals surface area contributed by atoms with Crippen molar-refractivity contribution < 1.29 is 14.3 Å². The smallest absolute Gasteiger partial charge is 0.258 e. The molecule has 33 heavy (non-hydrogen) atoms. The maximum atomic E-state index is 12.6. The fourth-order valence-electron chi connectivity index (χ4n) is 3.33. The zero-order valence-electron chi connectivity index (χ0n) is 17.7. The molecule has 0 saturated heterocycles. The van der Waals surface area contributed by atoms with Crippen LogP contribution < -0.4 is 10.6 Å². The molecule has 0 fully saturated rings. The third-order valence-corrected chi connectivity index (χ3v) is 6.08. The second-order valence-electron chi connectivity index (χ2n) is 7.40. The summed E-state index contributed by atoms with van der Waals surface area (Å²) in [5, 5.41) is 16.6. The fourth-order valence-corrected chi connectivity index (χ4v) is 4.10. The number of hydrogen-bond donors (Lipinski definition) is 3. The van der Waals surface area contributed by atoms with E-state index in [2.05, 4.69) is 38.5 Å². The van der Waals surface area contributed by atoms with Gasteiger partial charge < -0.3 is 14.8 Å². The first-order chi connectivity index (χ1) is 15.7. The van der Waals surface area contributed by atoms with Crippen LogP contribution in [0.15, 0.2) is 57.4 Å². The van der Waals surface area contributed by atoms with Crippen molar-refractivity contribution in [2.24, 2.45) is 0 Å². The highest BCUT2D eigenvalue weighted by Gasteiger charge is 2.17. The standard InChI is InChI=1S/C24H19BrClN3O3S/c1-3-13-4-7-20-19(9-13)28-23(32-20)17-11-15(8-12(2)21(17)30)27-24(33)29-22(31)16-10-14(25)5-6-18(16)26/h4-11,30H,3H2,1-2H3,(H2,27,29,31,33). The van der Waals surface area contributed by atoms with Crippen LogP contribution in [-0.4, -0.2) is 21.1 Å². The van der Waals surface area contributed by atoms with Crippen LogP contribution in [0, 0.1) is 6.92 Å². The molecule has 0 saturated carbocycles. The topological polar surface area (TPSA) is 87.4 Å². The van der Waals surface area contributed by atoms with Crippen molar-refractivity contribution in [2.45, 2.75) is 20.3 Å². The molecule has 9 heteroatoms. The van der Waals surface area contributed by atoms with Crippen molar-refractivity contribution in [3.63, 3.8) is 0 Å². The number of nitrogens with zero attached hydrogens (tertiary/aromatic N) is 1. The summed E-state index contributed by atoms with van der Waals surface area (Å²) in [5.74, 6) is -0.0997. The van der Waals surface area contributed by atoms with Crippen LogP contribution in [0.5, 0.6) is 5.75 Å². The van der Waals surface area contributed by atoms with Gasteiger partial charge in [-0.3, -0.25) is 10.1 Å². The van der Waals surface area contributed by atoms with Gasteiger partial charge in [-0.1, -0.05) is 40.5 Å². The number of anilines is 1. The van der Waals surface area contributed by atoms with Crippen molar-refractivity contribution in [3.05, 3.63) is 74.7 Å². The largest absolute Gasteiger partial charge is 0.507 e. The number of fused-ring (bicyclic) bond motifs is 1. The lowest BCUT2D eigenvalue weighted by molar-refractivity contribution is 0.0978. The Morgan fingerprint density at radius 2 is 2.00 bits per heavy atom. The summed E-state index contributed by atoms with van der Waals surface area (Å²) in [6.07, 6.45) is 0.885. The molecule has 168 valence electrons. The van der Waals surface area contributed by atoms with Crippen LogP contribution in [0.3, 0.4) is 0 Å². The minimum absolute atomic E-state index is 0.0543. The number of thiocarbonyl (C=S) groups is 1. The van der Waals surface area contributed by atoms with Crippen molar-refractivity contribution >= 4 is 67.6 Å². The van der Waals surface area contributed by atoms with E-state index in [0.717, 1.165) is 16.5 Å². The molecule has 4 rings (SSSR count). The highest BCUT2D eigenvalue weighted by Crippen LogP contribution is 2.36. The Morgan fingerprint density at radius 3 is 2.76 bits per heavy atom. The molecule has 0 aliphatic heterocycles. The highest BCUT2D eigenvalue weighted by atomic mass is 79.9. The Bertz CT molecular complexity index is 1400. The first kappa shape index (κ1) is 23.2. The summed E-state index contributed by atoms with van der Waals surface area (Å²) in [7, 11) is 0. The van der Waals surface area contributed by atoms with Crippen LogP contribution in [0.2, 0.25) is 5.02 Å². The summed E-state index contributed by atoms with van der Waals surface area (Å²) in [5.41, 5.74) is 4.34. The highest BCUT2D eigenvalue weighted by molar-refractivity contribution is 9.10. The minimum atomic E-state index is -0.444. The molecule has 0 unspecified atom stereocenters.